The van der Waals surface area contributed by atoms with Gasteiger partial charge in [-0.25, -0.2) is 14.8 Å². The molecular formula is C23H36N12O6S. The molecule has 4 amide bonds. The Kier molecular flexibility index (Phi) is 13.8. The summed E-state index contributed by atoms with van der Waals surface area (Å²) in [5, 5.41) is 29.2. The summed E-state index contributed by atoms with van der Waals surface area (Å²) in [5.74, 6) is -4.68. The molecule has 2 aromatic heterocycles. The lowest BCUT2D eigenvalue weighted by Gasteiger charge is -2.25. The van der Waals surface area contributed by atoms with Crippen LogP contribution in [0.2, 0.25) is 0 Å². The van der Waals surface area contributed by atoms with Crippen LogP contribution in [-0.4, -0.2) is 104 Å². The zero-order valence-corrected chi connectivity index (χ0v) is 23.4. The van der Waals surface area contributed by atoms with Crippen molar-refractivity contribution in [3.8, 4) is 0 Å². The van der Waals surface area contributed by atoms with Gasteiger partial charge in [0, 0.05) is 37.5 Å². The van der Waals surface area contributed by atoms with E-state index in [9.17, 15) is 29.1 Å². The van der Waals surface area contributed by atoms with E-state index in [0.717, 1.165) is 0 Å². The molecule has 0 unspecified atom stereocenters. The molecule has 0 aliphatic heterocycles. The summed E-state index contributed by atoms with van der Waals surface area (Å²) in [6.07, 6.45) is 6.06. The maximum atomic E-state index is 13.5. The van der Waals surface area contributed by atoms with Crippen molar-refractivity contribution in [2.45, 2.75) is 49.9 Å². The van der Waals surface area contributed by atoms with Crippen LogP contribution in [0.4, 0.5) is 0 Å². The van der Waals surface area contributed by atoms with Gasteiger partial charge in [-0.1, -0.05) is 0 Å². The molecule has 0 bridgehead atoms. The van der Waals surface area contributed by atoms with E-state index in [4.69, 9.17) is 16.9 Å². The SMILES string of the molecule is N=C(N)NCCC[C@H](NC(=O)[C@H](Cc1c[nH]cn1)NC(=O)[C@H](Cc1c[nH]cn1)NC(=O)CN)C(=O)N[C@@H](CS)C(=O)O. The highest BCUT2D eigenvalue weighted by atomic mass is 32.1. The van der Waals surface area contributed by atoms with E-state index < -0.39 is 53.8 Å². The van der Waals surface area contributed by atoms with E-state index >= 15 is 0 Å². The van der Waals surface area contributed by atoms with E-state index in [1.807, 2.05) is 0 Å². The minimum absolute atomic E-state index is 0.00764. The number of aliphatic carboxylic acids is 1. The van der Waals surface area contributed by atoms with E-state index in [-0.39, 0.29) is 50.5 Å². The molecule has 0 saturated carbocycles. The average Bonchev–Trinajstić information content (AvgIpc) is 3.66. The molecule has 19 heteroatoms. The second-order valence-electron chi connectivity index (χ2n) is 9.04. The average molecular weight is 609 g/mol. The highest BCUT2D eigenvalue weighted by Crippen LogP contribution is 2.06. The van der Waals surface area contributed by atoms with Crippen molar-refractivity contribution >= 4 is 48.2 Å². The summed E-state index contributed by atoms with van der Waals surface area (Å²) in [6.45, 7) is -0.173. The number of thiol groups is 1. The molecule has 18 nitrogen and oxygen atoms in total. The molecule has 0 aromatic carbocycles. The molecule has 0 spiro atoms. The summed E-state index contributed by atoms with van der Waals surface area (Å²) in [6, 6.07) is -4.93. The van der Waals surface area contributed by atoms with Gasteiger partial charge in [0.2, 0.25) is 23.6 Å². The Hall–Kier alpha value is -4.65. The fourth-order valence-corrected chi connectivity index (χ4v) is 3.94. The number of carboxylic acids is 1. The number of carbonyl (C=O) groups is 5. The summed E-state index contributed by atoms with van der Waals surface area (Å²) in [7, 11) is 0. The normalized spacial score (nSPS) is 13.6. The number of carboxylic acid groups (broad SMARTS) is 1. The van der Waals surface area contributed by atoms with Crippen LogP contribution in [0, 0.1) is 5.41 Å². The Morgan fingerprint density at radius 2 is 1.38 bits per heavy atom. The van der Waals surface area contributed by atoms with Crippen molar-refractivity contribution in [1.29, 1.82) is 5.41 Å². The number of H-pyrrole nitrogens is 2. The first-order valence-electron chi connectivity index (χ1n) is 12.8. The number of rotatable bonds is 18. The maximum absolute atomic E-state index is 13.5. The molecule has 0 aliphatic carbocycles. The van der Waals surface area contributed by atoms with Crippen LogP contribution >= 0.6 is 12.6 Å². The first kappa shape index (κ1) is 33.6. The van der Waals surface area contributed by atoms with Gasteiger partial charge in [0.15, 0.2) is 5.96 Å². The van der Waals surface area contributed by atoms with E-state index in [2.05, 4.69) is 59.1 Å². The van der Waals surface area contributed by atoms with E-state index in [1.54, 1.807) is 6.20 Å². The Morgan fingerprint density at radius 3 is 1.83 bits per heavy atom. The summed E-state index contributed by atoms with van der Waals surface area (Å²) in [4.78, 5) is 76.9. The van der Waals surface area contributed by atoms with Crippen molar-refractivity contribution in [2.75, 3.05) is 18.8 Å². The molecule has 2 aromatic rings. The van der Waals surface area contributed by atoms with Gasteiger partial charge in [-0.15, -0.1) is 0 Å². The lowest BCUT2D eigenvalue weighted by Crippen LogP contribution is -2.59. The topological polar surface area (TPSA) is 299 Å². The molecule has 230 valence electrons. The predicted molar refractivity (Wildman–Crippen MR) is 152 cm³/mol. The predicted octanol–water partition coefficient (Wildman–Crippen LogP) is -3.91. The minimum atomic E-state index is -1.32. The summed E-state index contributed by atoms with van der Waals surface area (Å²) >= 11 is 3.94. The number of guanidine groups is 1. The van der Waals surface area contributed by atoms with Gasteiger partial charge in [0.1, 0.15) is 24.2 Å². The molecule has 13 N–H and O–H groups in total. The smallest absolute Gasteiger partial charge is 0.327 e. The van der Waals surface area contributed by atoms with Crippen LogP contribution in [0.3, 0.4) is 0 Å². The Balaban J connectivity index is 2.26. The molecule has 0 fully saturated rings. The lowest BCUT2D eigenvalue weighted by atomic mass is 10.1. The zero-order valence-electron chi connectivity index (χ0n) is 22.6. The molecular weight excluding hydrogens is 572 g/mol. The van der Waals surface area contributed by atoms with Gasteiger partial charge in [-0.3, -0.25) is 24.6 Å². The molecule has 0 aliphatic rings. The number of hydrogen-bond acceptors (Lipinski definition) is 10. The second-order valence-corrected chi connectivity index (χ2v) is 9.41. The van der Waals surface area contributed by atoms with Gasteiger partial charge in [0.05, 0.1) is 30.6 Å². The summed E-state index contributed by atoms with van der Waals surface area (Å²) < 4.78 is 0. The van der Waals surface area contributed by atoms with E-state index in [0.29, 0.717) is 11.4 Å². The van der Waals surface area contributed by atoms with Gasteiger partial charge in [0.25, 0.3) is 0 Å². The number of carbonyl (C=O) groups excluding carboxylic acids is 4. The maximum Gasteiger partial charge on any atom is 0.327 e. The number of nitrogens with one attached hydrogen (secondary N) is 8. The molecule has 2 rings (SSSR count). The third-order valence-electron chi connectivity index (χ3n) is 5.82. The van der Waals surface area contributed by atoms with Crippen molar-refractivity contribution < 1.29 is 29.1 Å². The number of nitrogens with zero attached hydrogens (tertiary/aromatic N) is 2. The van der Waals surface area contributed by atoms with Crippen LogP contribution < -0.4 is 38.1 Å². The fraction of sp³-hybridized carbons (Fsp3) is 0.478. The largest absolute Gasteiger partial charge is 0.480 e. The second kappa shape index (κ2) is 17.2. The Morgan fingerprint density at radius 1 is 0.881 bits per heavy atom. The first-order valence-corrected chi connectivity index (χ1v) is 13.4. The number of amides is 4. The molecule has 4 atom stereocenters. The van der Waals surface area contributed by atoms with Gasteiger partial charge < -0.3 is 53.1 Å². The third-order valence-corrected chi connectivity index (χ3v) is 6.19. The zero-order chi connectivity index (χ0) is 31.1. The standard InChI is InChI=1S/C23H36N12O6S/c24-6-18(36)32-15(4-12-7-27-10-30-12)20(38)34-16(5-13-8-28-11-31-13)21(39)33-14(2-1-3-29-23(25)26)19(37)35-17(9-42)22(40)41/h7-8,10-11,14-17,42H,1-6,9,24H2,(H,27,30)(H,28,31)(H,32,36)(H,33,39)(H,34,38)(H,35,37)(H,40,41)(H4,25,26,29)/t14-,15-,16-,17-/m0/s1. The van der Waals surface area contributed by atoms with Crippen LogP contribution in [-0.2, 0) is 36.8 Å². The van der Waals surface area contributed by atoms with Crippen molar-refractivity contribution in [3.63, 3.8) is 0 Å². The van der Waals surface area contributed by atoms with E-state index in [1.165, 1.54) is 18.9 Å². The summed E-state index contributed by atoms with van der Waals surface area (Å²) in [5.41, 5.74) is 11.6. The molecule has 42 heavy (non-hydrogen) atoms. The number of aromatic amines is 2. The van der Waals surface area contributed by atoms with Crippen LogP contribution in [0.5, 0.6) is 0 Å². The number of aromatic nitrogens is 4. The van der Waals surface area contributed by atoms with Crippen LogP contribution in [0.15, 0.2) is 25.0 Å². The Bertz CT molecular complexity index is 1190. The molecule has 0 saturated heterocycles. The van der Waals surface area contributed by atoms with Gasteiger partial charge in [-0.2, -0.15) is 12.6 Å². The van der Waals surface area contributed by atoms with Crippen LogP contribution in [0.1, 0.15) is 24.2 Å². The Labute approximate surface area is 245 Å². The van der Waals surface area contributed by atoms with Gasteiger partial charge in [-0.05, 0) is 12.8 Å². The first-order chi connectivity index (χ1) is 20.0. The van der Waals surface area contributed by atoms with Crippen LogP contribution in [0.25, 0.3) is 0 Å². The lowest BCUT2D eigenvalue weighted by molar-refractivity contribution is -0.141. The van der Waals surface area contributed by atoms with Gasteiger partial charge >= 0.3 is 5.97 Å². The van der Waals surface area contributed by atoms with Crippen molar-refractivity contribution in [2.24, 2.45) is 11.5 Å². The van der Waals surface area contributed by atoms with Crippen molar-refractivity contribution in [3.05, 3.63) is 36.4 Å². The number of hydrogen-bond donors (Lipinski definition) is 12. The minimum Gasteiger partial charge on any atom is -0.480 e. The highest BCUT2D eigenvalue weighted by molar-refractivity contribution is 7.80. The quantitative estimate of drug-likeness (QED) is 0.0336. The fourth-order valence-electron chi connectivity index (χ4n) is 3.70. The molecule has 0 radical (unpaired) electrons. The number of nitrogens with two attached hydrogens (primary N) is 2. The third kappa shape index (κ3) is 11.5. The monoisotopic (exact) mass is 608 g/mol. The highest BCUT2D eigenvalue weighted by Gasteiger charge is 2.31. The number of imidazole rings is 2. The molecule has 2 heterocycles. The van der Waals surface area contributed by atoms with Crippen molar-refractivity contribution in [1.82, 2.24) is 46.5 Å².